The van der Waals surface area contributed by atoms with Gasteiger partial charge in [-0.25, -0.2) is 4.98 Å². The molecule has 2 fully saturated rings. The van der Waals surface area contributed by atoms with Gasteiger partial charge in [-0.3, -0.25) is 0 Å². The van der Waals surface area contributed by atoms with Crippen LogP contribution in [-0.2, 0) is 4.74 Å². The van der Waals surface area contributed by atoms with Crippen LogP contribution in [0.5, 0.6) is 0 Å². The maximum absolute atomic E-state index is 5.80. The number of pyridine rings is 1. The highest BCUT2D eigenvalue weighted by molar-refractivity contribution is 5.72. The molecule has 2 saturated heterocycles. The molecule has 0 amide bonds. The molecule has 1 aromatic rings. The Bertz CT molecular complexity index is 532. The second kappa shape index (κ2) is 6.95. The molecule has 0 radical (unpaired) electrons. The van der Waals surface area contributed by atoms with Gasteiger partial charge in [-0.1, -0.05) is 20.3 Å². The Morgan fingerprint density at radius 1 is 1.17 bits per heavy atom. The van der Waals surface area contributed by atoms with Gasteiger partial charge in [0, 0.05) is 33.6 Å². The lowest BCUT2D eigenvalue weighted by molar-refractivity contribution is -0.00545. The fourth-order valence-electron chi connectivity index (χ4n) is 3.63. The van der Waals surface area contributed by atoms with E-state index in [1.807, 2.05) is 0 Å². The van der Waals surface area contributed by atoms with Crippen molar-refractivity contribution in [1.82, 2.24) is 4.98 Å². The van der Waals surface area contributed by atoms with E-state index in [4.69, 9.17) is 9.72 Å². The van der Waals surface area contributed by atoms with Crippen LogP contribution in [-0.4, -0.2) is 49.4 Å². The Morgan fingerprint density at radius 3 is 2.57 bits per heavy atom. The average molecular weight is 320 g/mol. The zero-order valence-electron chi connectivity index (χ0n) is 14.9. The molecule has 4 rings (SSSR count). The summed E-state index contributed by atoms with van der Waals surface area (Å²) in [7, 11) is 0. The van der Waals surface area contributed by atoms with Gasteiger partial charge in [-0.2, -0.15) is 0 Å². The first-order valence-corrected chi connectivity index (χ1v) is 9.03. The van der Waals surface area contributed by atoms with Crippen LogP contribution in [0.3, 0.4) is 0 Å². The van der Waals surface area contributed by atoms with Gasteiger partial charge >= 0.3 is 0 Å². The van der Waals surface area contributed by atoms with Gasteiger partial charge in [0.15, 0.2) is 5.82 Å². The predicted octanol–water partition coefficient (Wildman–Crippen LogP) is 3.36. The van der Waals surface area contributed by atoms with Gasteiger partial charge in [-0.15, -0.1) is 0 Å². The van der Waals surface area contributed by atoms with Gasteiger partial charge in [0.05, 0.1) is 17.9 Å². The summed E-state index contributed by atoms with van der Waals surface area (Å²) in [6, 6.07) is 4.95. The topological polar surface area (TPSA) is 40.6 Å². The van der Waals surface area contributed by atoms with Crippen LogP contribution in [0.1, 0.15) is 42.0 Å². The van der Waals surface area contributed by atoms with E-state index >= 15 is 0 Å². The highest BCUT2D eigenvalue weighted by Crippen LogP contribution is 2.35. The molecule has 3 aliphatic heterocycles. The molecule has 0 spiro atoms. The van der Waals surface area contributed by atoms with E-state index in [-0.39, 0.29) is 13.6 Å². The van der Waals surface area contributed by atoms with Crippen molar-refractivity contribution in [2.45, 2.75) is 58.8 Å². The minimum Gasteiger partial charge on any atom is -0.372 e. The van der Waals surface area contributed by atoms with Gasteiger partial charge in [0.1, 0.15) is 5.82 Å². The molecule has 3 aliphatic rings. The Balaban J connectivity index is 0.000000487. The number of hydrogen-bond acceptors (Lipinski definition) is 5. The van der Waals surface area contributed by atoms with Crippen molar-refractivity contribution < 1.29 is 6.16 Å². The number of ether oxygens (including phenoxy) is 1. The van der Waals surface area contributed by atoms with Gasteiger partial charge in [0.25, 0.3) is 0 Å². The minimum absolute atomic E-state index is 0. The minimum atomic E-state index is 0. The van der Waals surface area contributed by atoms with E-state index in [2.05, 4.69) is 54.9 Å². The normalized spacial score (nSPS) is 28.6. The van der Waals surface area contributed by atoms with Crippen molar-refractivity contribution >= 4 is 17.3 Å². The van der Waals surface area contributed by atoms with Crippen LogP contribution in [0, 0.1) is 0 Å². The molecule has 5 heteroatoms. The lowest BCUT2D eigenvalue weighted by Gasteiger charge is -2.37. The molecule has 5 nitrogen and oxygen atoms in total. The predicted molar refractivity (Wildman–Crippen MR) is 98.8 cm³/mol. The van der Waals surface area contributed by atoms with Crippen molar-refractivity contribution in [2.75, 3.05) is 41.3 Å². The SMILES string of the molecule is CCC.C[C@H]1CN(c2ccc3c(n2)NC2CCN3C2)C[C@H](C)O1.[HH]. The van der Waals surface area contributed by atoms with Gasteiger partial charge in [0.2, 0.25) is 0 Å². The summed E-state index contributed by atoms with van der Waals surface area (Å²) < 4.78 is 5.80. The molecule has 130 valence electrons. The fraction of sp³-hybridized carbons (Fsp3) is 0.722. The Kier molecular flexibility index (Phi) is 4.95. The fourth-order valence-corrected chi connectivity index (χ4v) is 3.63. The van der Waals surface area contributed by atoms with Crippen LogP contribution < -0.4 is 15.1 Å². The molecule has 3 atom stereocenters. The summed E-state index contributed by atoms with van der Waals surface area (Å²) in [6.45, 7) is 12.6. The van der Waals surface area contributed by atoms with E-state index in [1.165, 1.54) is 18.5 Å². The van der Waals surface area contributed by atoms with Crippen molar-refractivity contribution in [2.24, 2.45) is 0 Å². The molecule has 1 N–H and O–H groups in total. The maximum Gasteiger partial charge on any atom is 0.152 e. The monoisotopic (exact) mass is 320 g/mol. The first-order valence-electron chi connectivity index (χ1n) is 9.03. The second-order valence-electron chi connectivity index (χ2n) is 6.98. The van der Waals surface area contributed by atoms with Crippen molar-refractivity contribution in [1.29, 1.82) is 0 Å². The van der Waals surface area contributed by atoms with Crippen LogP contribution in [0.15, 0.2) is 12.1 Å². The van der Waals surface area contributed by atoms with Gasteiger partial charge < -0.3 is 19.9 Å². The van der Waals surface area contributed by atoms with Gasteiger partial charge in [-0.05, 0) is 32.4 Å². The largest absolute Gasteiger partial charge is 0.372 e. The van der Waals surface area contributed by atoms with Crippen LogP contribution in [0.2, 0.25) is 0 Å². The molecule has 23 heavy (non-hydrogen) atoms. The maximum atomic E-state index is 5.80. The number of aromatic nitrogens is 1. The summed E-state index contributed by atoms with van der Waals surface area (Å²) in [5, 5.41) is 3.58. The standard InChI is InChI=1S/C15H22N4O.C3H8.H2/c1-10-7-19(8-11(2)20-10)14-4-3-13-15(17-14)16-12-5-6-18(13)9-12;1-3-2;/h3-4,10-12H,5-9H2,1-2H3,(H,16,17);3H2,1-2H3;1H/t10-,11-,12?;;/m0../s1. The lowest BCUT2D eigenvalue weighted by Crippen LogP contribution is -2.46. The summed E-state index contributed by atoms with van der Waals surface area (Å²) in [4.78, 5) is 9.65. The third-order valence-corrected chi connectivity index (χ3v) is 4.47. The number of nitrogens with one attached hydrogen (secondary N) is 1. The Labute approximate surface area is 141 Å². The number of anilines is 3. The average Bonchev–Trinajstić information content (AvgIpc) is 2.89. The zero-order chi connectivity index (χ0) is 16.4. The number of hydrogen-bond donors (Lipinski definition) is 1. The molecule has 1 aromatic heterocycles. The highest BCUT2D eigenvalue weighted by Gasteiger charge is 2.31. The smallest absolute Gasteiger partial charge is 0.152 e. The van der Waals surface area contributed by atoms with Crippen LogP contribution in [0.25, 0.3) is 0 Å². The number of fused-ring (bicyclic) bond motifs is 4. The number of nitrogens with zero attached hydrogens (tertiary/aromatic N) is 3. The molecule has 4 heterocycles. The molecule has 0 aliphatic carbocycles. The summed E-state index contributed by atoms with van der Waals surface area (Å²) in [5.41, 5.74) is 1.26. The summed E-state index contributed by atoms with van der Waals surface area (Å²) >= 11 is 0. The third kappa shape index (κ3) is 3.55. The summed E-state index contributed by atoms with van der Waals surface area (Å²) in [6.07, 6.45) is 3.01. The number of morpholine rings is 1. The molecule has 1 unspecified atom stereocenters. The first-order chi connectivity index (χ1) is 11.1. The van der Waals surface area contributed by atoms with E-state index in [1.54, 1.807) is 0 Å². The summed E-state index contributed by atoms with van der Waals surface area (Å²) in [5.74, 6) is 2.13. The van der Waals surface area contributed by atoms with E-state index in [0.29, 0.717) is 6.04 Å². The Morgan fingerprint density at radius 2 is 1.87 bits per heavy atom. The van der Waals surface area contributed by atoms with Crippen molar-refractivity contribution in [3.8, 4) is 0 Å². The molecular formula is C18H32N4O. The molecular weight excluding hydrogens is 288 g/mol. The highest BCUT2D eigenvalue weighted by atomic mass is 16.5. The van der Waals surface area contributed by atoms with E-state index < -0.39 is 0 Å². The number of rotatable bonds is 1. The van der Waals surface area contributed by atoms with Crippen molar-refractivity contribution in [3.63, 3.8) is 0 Å². The molecule has 0 saturated carbocycles. The lowest BCUT2D eigenvalue weighted by atomic mass is 10.2. The van der Waals surface area contributed by atoms with Crippen molar-refractivity contribution in [3.05, 3.63) is 12.1 Å². The zero-order valence-corrected chi connectivity index (χ0v) is 14.9. The van der Waals surface area contributed by atoms with E-state index in [9.17, 15) is 0 Å². The quantitative estimate of drug-likeness (QED) is 0.859. The molecule has 2 bridgehead atoms. The van der Waals surface area contributed by atoms with E-state index in [0.717, 1.165) is 37.8 Å². The van der Waals surface area contributed by atoms with Crippen LogP contribution >= 0.6 is 0 Å². The Hall–Kier alpha value is -1.49. The molecule has 0 aromatic carbocycles. The third-order valence-electron chi connectivity index (χ3n) is 4.47. The second-order valence-corrected chi connectivity index (χ2v) is 6.98. The first kappa shape index (κ1) is 16.4. The van der Waals surface area contributed by atoms with Crippen LogP contribution in [0.4, 0.5) is 17.3 Å².